The number of benzene rings is 2. The first kappa shape index (κ1) is 17.5. The van der Waals surface area contributed by atoms with Gasteiger partial charge in [-0.15, -0.1) is 0 Å². The van der Waals surface area contributed by atoms with Gasteiger partial charge in [0.05, 0.1) is 12.6 Å². The van der Waals surface area contributed by atoms with Gasteiger partial charge in [0.25, 0.3) is 0 Å². The summed E-state index contributed by atoms with van der Waals surface area (Å²) in [5, 5.41) is 23.1. The van der Waals surface area contributed by atoms with Crippen LogP contribution in [0.2, 0.25) is 0 Å². The normalized spacial score (nSPS) is 11.6. The second-order valence-corrected chi connectivity index (χ2v) is 6.66. The van der Waals surface area contributed by atoms with E-state index >= 15 is 0 Å². The fourth-order valence-corrected chi connectivity index (χ4v) is 2.37. The molecule has 0 heterocycles. The molecule has 0 bridgehead atoms. The molecule has 2 aromatic rings. The second kappa shape index (κ2) is 7.17. The van der Waals surface area contributed by atoms with Crippen molar-refractivity contribution in [1.82, 2.24) is 5.43 Å². The molecule has 5 heteroatoms. The molecule has 0 saturated carbocycles. The number of hydrogen-bond donors (Lipinski definition) is 3. The molecule has 126 valence electrons. The molecular weight excluding hydrogens is 304 g/mol. The van der Waals surface area contributed by atoms with E-state index < -0.39 is 0 Å². The highest BCUT2D eigenvalue weighted by atomic mass is 16.3. The number of nitrogens with zero attached hydrogens (tertiary/aromatic N) is 1. The number of hydrazone groups is 1. The number of hydrogen-bond acceptors (Lipinski definition) is 4. The first-order valence-electron chi connectivity index (χ1n) is 7.69. The minimum Gasteiger partial charge on any atom is -0.508 e. The lowest BCUT2D eigenvalue weighted by Crippen LogP contribution is -2.20. The molecule has 0 aromatic heterocycles. The van der Waals surface area contributed by atoms with Crippen molar-refractivity contribution in [2.24, 2.45) is 5.10 Å². The van der Waals surface area contributed by atoms with E-state index in [0.29, 0.717) is 5.56 Å². The van der Waals surface area contributed by atoms with Crippen LogP contribution >= 0.6 is 0 Å². The first-order chi connectivity index (χ1) is 11.3. The van der Waals surface area contributed by atoms with Gasteiger partial charge >= 0.3 is 0 Å². The third-order valence-corrected chi connectivity index (χ3v) is 3.51. The van der Waals surface area contributed by atoms with Crippen LogP contribution in [0.1, 0.15) is 37.5 Å². The molecule has 0 unspecified atom stereocenters. The van der Waals surface area contributed by atoms with Crippen LogP contribution in [0.4, 0.5) is 0 Å². The summed E-state index contributed by atoms with van der Waals surface area (Å²) >= 11 is 0. The quantitative estimate of drug-likeness (QED) is 0.596. The van der Waals surface area contributed by atoms with Crippen LogP contribution in [0, 0.1) is 0 Å². The molecule has 0 aliphatic carbocycles. The van der Waals surface area contributed by atoms with Crippen LogP contribution in [-0.2, 0) is 16.6 Å². The average Bonchev–Trinajstić information content (AvgIpc) is 2.47. The third-order valence-electron chi connectivity index (χ3n) is 3.51. The Balaban J connectivity index is 2.05. The fourth-order valence-electron chi connectivity index (χ4n) is 2.37. The minimum atomic E-state index is -0.270. The summed E-state index contributed by atoms with van der Waals surface area (Å²) in [6, 6.07) is 11.6. The van der Waals surface area contributed by atoms with Gasteiger partial charge in [-0.25, -0.2) is 5.43 Å². The number of aromatic hydroxyl groups is 2. The number of carbonyl (C=O) groups excluding carboxylic acids is 1. The van der Waals surface area contributed by atoms with Gasteiger partial charge in [-0.2, -0.15) is 5.10 Å². The Labute approximate surface area is 141 Å². The van der Waals surface area contributed by atoms with Crippen LogP contribution < -0.4 is 5.43 Å². The van der Waals surface area contributed by atoms with E-state index in [1.807, 2.05) is 20.8 Å². The standard InChI is InChI=1S/C19H22N2O3/c1-19(2,3)17-11-16(23)8-7-14(17)12-20-21-18(24)10-13-5-4-6-15(22)9-13/h4-9,11-12,22-23H,10H2,1-3H3,(H,21,24)/b20-12+. The van der Waals surface area contributed by atoms with Crippen molar-refractivity contribution >= 4 is 12.1 Å². The maximum Gasteiger partial charge on any atom is 0.244 e. The van der Waals surface area contributed by atoms with E-state index in [-0.39, 0.29) is 29.2 Å². The highest BCUT2D eigenvalue weighted by Crippen LogP contribution is 2.28. The van der Waals surface area contributed by atoms with Crippen molar-refractivity contribution in [3.05, 3.63) is 59.2 Å². The Morgan fingerprint density at radius 1 is 1.12 bits per heavy atom. The number of amides is 1. The van der Waals surface area contributed by atoms with Gasteiger partial charge < -0.3 is 10.2 Å². The lowest BCUT2D eigenvalue weighted by molar-refractivity contribution is -0.120. The molecule has 2 rings (SSSR count). The van der Waals surface area contributed by atoms with Crippen LogP contribution in [0.25, 0.3) is 0 Å². The van der Waals surface area contributed by atoms with Crippen LogP contribution in [0.15, 0.2) is 47.6 Å². The summed E-state index contributed by atoms with van der Waals surface area (Å²) in [7, 11) is 0. The molecule has 0 spiro atoms. The zero-order valence-corrected chi connectivity index (χ0v) is 14.1. The van der Waals surface area contributed by atoms with Gasteiger partial charge in [-0.05, 0) is 52.4 Å². The highest BCUT2D eigenvalue weighted by Gasteiger charge is 2.17. The number of carbonyl (C=O) groups is 1. The summed E-state index contributed by atoms with van der Waals surface area (Å²) in [6.07, 6.45) is 1.70. The van der Waals surface area contributed by atoms with Crippen molar-refractivity contribution in [3.63, 3.8) is 0 Å². The lowest BCUT2D eigenvalue weighted by Gasteiger charge is -2.21. The molecule has 0 radical (unpaired) electrons. The Morgan fingerprint density at radius 2 is 1.83 bits per heavy atom. The topological polar surface area (TPSA) is 81.9 Å². The summed E-state index contributed by atoms with van der Waals surface area (Å²) in [5.74, 6) is 0.0562. The van der Waals surface area contributed by atoms with E-state index in [2.05, 4.69) is 10.5 Å². The molecule has 3 N–H and O–H groups in total. The van der Waals surface area contributed by atoms with Gasteiger partial charge in [0.15, 0.2) is 0 Å². The molecule has 0 aliphatic heterocycles. The molecule has 2 aromatic carbocycles. The molecule has 5 nitrogen and oxygen atoms in total. The molecule has 0 fully saturated rings. The molecule has 0 aliphatic rings. The SMILES string of the molecule is CC(C)(C)c1cc(O)ccc1/C=N/NC(=O)Cc1cccc(O)c1. The van der Waals surface area contributed by atoms with Gasteiger partial charge in [0, 0.05) is 0 Å². The van der Waals surface area contributed by atoms with Gasteiger partial charge in [-0.1, -0.05) is 32.9 Å². The Morgan fingerprint density at radius 3 is 2.50 bits per heavy atom. The monoisotopic (exact) mass is 326 g/mol. The molecular formula is C19H22N2O3. The number of nitrogens with one attached hydrogen (secondary N) is 1. The van der Waals surface area contributed by atoms with Crippen LogP contribution in [-0.4, -0.2) is 22.3 Å². The Hall–Kier alpha value is -2.82. The maximum atomic E-state index is 11.9. The third kappa shape index (κ3) is 4.84. The number of phenols is 2. The van der Waals surface area contributed by atoms with Crippen LogP contribution in [0.5, 0.6) is 11.5 Å². The van der Waals surface area contributed by atoms with Crippen molar-refractivity contribution in [3.8, 4) is 11.5 Å². The smallest absolute Gasteiger partial charge is 0.244 e. The summed E-state index contributed by atoms with van der Waals surface area (Å²) in [4.78, 5) is 11.9. The Bertz CT molecular complexity index is 761. The van der Waals surface area contributed by atoms with E-state index in [9.17, 15) is 15.0 Å². The molecule has 0 atom stereocenters. The Kier molecular flexibility index (Phi) is 5.24. The van der Waals surface area contributed by atoms with Crippen molar-refractivity contribution < 1.29 is 15.0 Å². The van der Waals surface area contributed by atoms with Gasteiger partial charge in [-0.3, -0.25) is 4.79 Å². The largest absolute Gasteiger partial charge is 0.508 e. The minimum absolute atomic E-state index is 0.128. The number of phenolic OH excluding ortho intramolecular Hbond substituents is 2. The maximum absolute atomic E-state index is 11.9. The highest BCUT2D eigenvalue weighted by molar-refractivity contribution is 5.85. The zero-order chi connectivity index (χ0) is 17.7. The van der Waals surface area contributed by atoms with E-state index in [0.717, 1.165) is 11.1 Å². The molecule has 1 amide bonds. The van der Waals surface area contributed by atoms with E-state index in [1.54, 1.807) is 48.7 Å². The van der Waals surface area contributed by atoms with Crippen molar-refractivity contribution in [2.45, 2.75) is 32.6 Å². The fraction of sp³-hybridized carbons (Fsp3) is 0.263. The lowest BCUT2D eigenvalue weighted by atomic mass is 9.84. The molecule has 24 heavy (non-hydrogen) atoms. The predicted octanol–water partition coefficient (Wildman–Crippen LogP) is 3.09. The van der Waals surface area contributed by atoms with E-state index in [4.69, 9.17) is 0 Å². The van der Waals surface area contributed by atoms with Gasteiger partial charge in [0.1, 0.15) is 11.5 Å². The first-order valence-corrected chi connectivity index (χ1v) is 7.69. The summed E-state index contributed by atoms with van der Waals surface area (Å²) in [5.41, 5.74) is 4.80. The van der Waals surface area contributed by atoms with Crippen molar-refractivity contribution in [1.29, 1.82) is 0 Å². The molecule has 0 saturated heterocycles. The van der Waals surface area contributed by atoms with Crippen molar-refractivity contribution in [2.75, 3.05) is 0 Å². The zero-order valence-electron chi connectivity index (χ0n) is 14.1. The van der Waals surface area contributed by atoms with Crippen LogP contribution in [0.3, 0.4) is 0 Å². The summed E-state index contributed by atoms with van der Waals surface area (Å²) < 4.78 is 0. The average molecular weight is 326 g/mol. The predicted molar refractivity (Wildman–Crippen MR) is 94.4 cm³/mol. The van der Waals surface area contributed by atoms with Gasteiger partial charge in [0.2, 0.25) is 5.91 Å². The second-order valence-electron chi connectivity index (χ2n) is 6.66. The number of rotatable bonds is 4. The van der Waals surface area contributed by atoms with E-state index in [1.165, 1.54) is 0 Å². The summed E-state index contributed by atoms with van der Waals surface area (Å²) in [6.45, 7) is 6.12.